The number of hydrogen-bond acceptors (Lipinski definition) is 3. The summed E-state index contributed by atoms with van der Waals surface area (Å²) in [6.45, 7) is -3.04. The maximum absolute atomic E-state index is 11.9. The SMILES string of the molecule is O=C(C=C(O)c1ccc(OC(F)F)cc1)C(F)(F)F. The van der Waals surface area contributed by atoms with Crippen LogP contribution in [-0.4, -0.2) is 23.7 Å². The fourth-order valence-corrected chi connectivity index (χ4v) is 1.10. The summed E-state index contributed by atoms with van der Waals surface area (Å²) in [5.41, 5.74) is -0.140. The van der Waals surface area contributed by atoms with E-state index in [4.69, 9.17) is 0 Å². The molecule has 0 aromatic heterocycles. The Morgan fingerprint density at radius 3 is 2.16 bits per heavy atom. The lowest BCUT2D eigenvalue weighted by molar-refractivity contribution is -0.165. The summed E-state index contributed by atoms with van der Waals surface area (Å²) in [5, 5.41) is 9.28. The van der Waals surface area contributed by atoms with Crippen molar-refractivity contribution in [2.24, 2.45) is 0 Å². The molecule has 1 aromatic carbocycles. The van der Waals surface area contributed by atoms with Gasteiger partial charge in [-0.15, -0.1) is 0 Å². The number of halogens is 5. The normalized spacial score (nSPS) is 12.6. The summed E-state index contributed by atoms with van der Waals surface area (Å²) in [6.07, 6.45) is -5.09. The summed E-state index contributed by atoms with van der Waals surface area (Å²) in [5.74, 6) is -3.38. The van der Waals surface area contributed by atoms with Crippen molar-refractivity contribution < 1.29 is 36.6 Å². The van der Waals surface area contributed by atoms with Gasteiger partial charge in [-0.1, -0.05) is 0 Å². The minimum Gasteiger partial charge on any atom is -0.507 e. The van der Waals surface area contributed by atoms with Crippen LogP contribution in [0.4, 0.5) is 22.0 Å². The number of carbonyl (C=O) groups excluding carboxylic acids is 1. The molecule has 0 bridgehead atoms. The highest BCUT2D eigenvalue weighted by molar-refractivity contribution is 5.99. The van der Waals surface area contributed by atoms with E-state index in [1.807, 2.05) is 0 Å². The predicted octanol–water partition coefficient (Wildman–Crippen LogP) is 3.32. The van der Waals surface area contributed by atoms with E-state index >= 15 is 0 Å². The second-order valence-electron chi connectivity index (χ2n) is 3.29. The second kappa shape index (κ2) is 5.68. The van der Waals surface area contributed by atoms with Crippen LogP contribution in [0.3, 0.4) is 0 Å². The first-order chi connectivity index (χ1) is 8.70. The highest BCUT2D eigenvalue weighted by Gasteiger charge is 2.36. The minimum absolute atomic E-state index is 0.00295. The smallest absolute Gasteiger partial charge is 0.454 e. The monoisotopic (exact) mass is 282 g/mol. The van der Waals surface area contributed by atoms with Crippen LogP contribution in [0.15, 0.2) is 30.3 Å². The van der Waals surface area contributed by atoms with E-state index in [2.05, 4.69) is 4.74 Å². The molecule has 0 aliphatic rings. The summed E-state index contributed by atoms with van der Waals surface area (Å²) in [7, 11) is 0. The predicted molar refractivity (Wildman–Crippen MR) is 54.7 cm³/mol. The minimum atomic E-state index is -5.09. The zero-order valence-electron chi connectivity index (χ0n) is 9.12. The molecule has 8 heteroatoms. The molecule has 1 aromatic rings. The number of rotatable bonds is 4. The van der Waals surface area contributed by atoms with Crippen molar-refractivity contribution in [1.82, 2.24) is 0 Å². The van der Waals surface area contributed by atoms with Crippen LogP contribution in [0.1, 0.15) is 5.56 Å². The molecular formula is C11H7F5O3. The lowest BCUT2D eigenvalue weighted by atomic mass is 10.1. The van der Waals surface area contributed by atoms with E-state index < -0.39 is 24.3 Å². The molecular weight excluding hydrogens is 275 g/mol. The number of benzene rings is 1. The Labute approximate surface area is 103 Å². The van der Waals surface area contributed by atoms with Gasteiger partial charge in [0.25, 0.3) is 5.78 Å². The third-order valence-corrected chi connectivity index (χ3v) is 1.92. The molecule has 0 saturated heterocycles. The summed E-state index contributed by atoms with van der Waals surface area (Å²) < 4.78 is 63.4. The molecule has 3 nitrogen and oxygen atoms in total. The molecule has 0 fully saturated rings. The van der Waals surface area contributed by atoms with Gasteiger partial charge in [0.05, 0.1) is 0 Å². The highest BCUT2D eigenvalue weighted by atomic mass is 19.4. The number of aliphatic hydroxyl groups excluding tert-OH is 1. The van der Waals surface area contributed by atoms with E-state index in [-0.39, 0.29) is 17.4 Å². The maximum atomic E-state index is 11.9. The van der Waals surface area contributed by atoms with Crippen LogP contribution in [0.2, 0.25) is 0 Å². The van der Waals surface area contributed by atoms with E-state index in [0.29, 0.717) is 0 Å². The molecule has 0 aliphatic heterocycles. The number of ketones is 1. The first-order valence-corrected chi connectivity index (χ1v) is 4.77. The van der Waals surface area contributed by atoms with Crippen molar-refractivity contribution in [3.05, 3.63) is 35.9 Å². The molecule has 0 radical (unpaired) electrons. The van der Waals surface area contributed by atoms with Crippen molar-refractivity contribution in [2.45, 2.75) is 12.8 Å². The number of allylic oxidation sites excluding steroid dienone is 1. The molecule has 0 saturated carbocycles. The zero-order valence-corrected chi connectivity index (χ0v) is 9.12. The largest absolute Gasteiger partial charge is 0.507 e. The Morgan fingerprint density at radius 2 is 1.74 bits per heavy atom. The van der Waals surface area contributed by atoms with Crippen molar-refractivity contribution >= 4 is 11.5 Å². The van der Waals surface area contributed by atoms with Crippen LogP contribution in [-0.2, 0) is 4.79 Å². The average Bonchev–Trinajstić information content (AvgIpc) is 2.27. The van der Waals surface area contributed by atoms with Crippen molar-refractivity contribution in [1.29, 1.82) is 0 Å². The summed E-state index contributed by atoms with van der Waals surface area (Å²) >= 11 is 0. The van der Waals surface area contributed by atoms with Gasteiger partial charge in [0, 0.05) is 11.6 Å². The zero-order chi connectivity index (χ0) is 14.6. The summed E-state index contributed by atoms with van der Waals surface area (Å²) in [6, 6.07) is 4.10. The van der Waals surface area contributed by atoms with Crippen LogP contribution in [0, 0.1) is 0 Å². The number of hydrogen-bond donors (Lipinski definition) is 1. The molecule has 0 amide bonds. The fourth-order valence-electron chi connectivity index (χ4n) is 1.10. The first kappa shape index (κ1) is 14.9. The molecule has 0 aliphatic carbocycles. The first-order valence-electron chi connectivity index (χ1n) is 4.77. The molecule has 0 spiro atoms. The lowest BCUT2D eigenvalue weighted by Gasteiger charge is -2.06. The van der Waals surface area contributed by atoms with Crippen LogP contribution in [0.25, 0.3) is 5.76 Å². The lowest BCUT2D eigenvalue weighted by Crippen LogP contribution is -2.20. The second-order valence-corrected chi connectivity index (χ2v) is 3.29. The molecule has 0 atom stereocenters. The average molecular weight is 282 g/mol. The standard InChI is InChI=1S/C11H7F5O3/c12-10(13)19-7-3-1-6(2-4-7)8(17)5-9(18)11(14,15)16/h1-5,10,17H. The van der Waals surface area contributed by atoms with Gasteiger partial charge in [-0.3, -0.25) is 4.79 Å². The van der Waals surface area contributed by atoms with Gasteiger partial charge in [-0.2, -0.15) is 22.0 Å². The molecule has 0 unspecified atom stereocenters. The Balaban J connectivity index is 2.86. The molecule has 104 valence electrons. The number of carbonyl (C=O) groups is 1. The van der Waals surface area contributed by atoms with Gasteiger partial charge >= 0.3 is 12.8 Å². The van der Waals surface area contributed by atoms with Crippen LogP contribution < -0.4 is 4.74 Å². The Bertz CT molecular complexity index is 476. The van der Waals surface area contributed by atoms with Gasteiger partial charge < -0.3 is 9.84 Å². The maximum Gasteiger partial charge on any atom is 0.454 e. The molecule has 1 N–H and O–H groups in total. The Kier molecular flexibility index (Phi) is 4.47. The van der Waals surface area contributed by atoms with Gasteiger partial charge in [0.2, 0.25) is 0 Å². The molecule has 1 rings (SSSR count). The topological polar surface area (TPSA) is 46.5 Å². The van der Waals surface area contributed by atoms with Crippen LogP contribution in [0.5, 0.6) is 5.75 Å². The van der Waals surface area contributed by atoms with E-state index in [0.717, 1.165) is 24.3 Å². The van der Waals surface area contributed by atoms with Crippen molar-refractivity contribution in [3.8, 4) is 5.75 Å². The third-order valence-electron chi connectivity index (χ3n) is 1.92. The fraction of sp³-hybridized carbons (Fsp3) is 0.182. The Hall–Kier alpha value is -2.12. The van der Waals surface area contributed by atoms with Crippen molar-refractivity contribution in [2.75, 3.05) is 0 Å². The van der Waals surface area contributed by atoms with Gasteiger partial charge in [-0.05, 0) is 24.3 Å². The molecule has 0 heterocycles. The quantitative estimate of drug-likeness (QED) is 0.523. The summed E-state index contributed by atoms with van der Waals surface area (Å²) in [4.78, 5) is 10.6. The van der Waals surface area contributed by atoms with Gasteiger partial charge in [0.15, 0.2) is 0 Å². The van der Waals surface area contributed by atoms with E-state index in [1.54, 1.807) is 0 Å². The number of aliphatic hydroxyl groups is 1. The van der Waals surface area contributed by atoms with Crippen LogP contribution >= 0.6 is 0 Å². The van der Waals surface area contributed by atoms with Crippen molar-refractivity contribution in [3.63, 3.8) is 0 Å². The molecule has 19 heavy (non-hydrogen) atoms. The number of ether oxygens (including phenoxy) is 1. The van der Waals surface area contributed by atoms with Gasteiger partial charge in [-0.25, -0.2) is 0 Å². The number of alkyl halides is 5. The Morgan fingerprint density at radius 1 is 1.21 bits per heavy atom. The third kappa shape index (κ3) is 4.57. The van der Waals surface area contributed by atoms with E-state index in [9.17, 15) is 31.9 Å². The van der Waals surface area contributed by atoms with Gasteiger partial charge in [0.1, 0.15) is 11.5 Å². The highest BCUT2D eigenvalue weighted by Crippen LogP contribution is 2.22. The van der Waals surface area contributed by atoms with E-state index in [1.165, 1.54) is 0 Å².